The molecular formula is C12H25NO2. The van der Waals surface area contributed by atoms with E-state index in [1.54, 1.807) is 0 Å². The molecule has 0 bridgehead atoms. The second-order valence-corrected chi connectivity index (χ2v) is 5.79. The Morgan fingerprint density at radius 2 is 1.67 bits per heavy atom. The van der Waals surface area contributed by atoms with E-state index in [1.807, 2.05) is 20.8 Å². The standard InChI is InChI=1S/C12H25NO2/c1-11(2,3)15-10(14)6-7-12(4,5)8-9-13/h6-9,13H2,1-5H3. The zero-order chi connectivity index (χ0) is 12.1. The average molecular weight is 215 g/mol. The van der Waals surface area contributed by atoms with Crippen molar-refractivity contribution < 1.29 is 9.53 Å². The SMILES string of the molecule is CC(C)(CCN)CCC(=O)OC(C)(C)C. The summed E-state index contributed by atoms with van der Waals surface area (Å²) in [7, 11) is 0. The lowest BCUT2D eigenvalue weighted by molar-refractivity contribution is -0.155. The van der Waals surface area contributed by atoms with E-state index >= 15 is 0 Å². The molecular weight excluding hydrogens is 190 g/mol. The van der Waals surface area contributed by atoms with Crippen LogP contribution >= 0.6 is 0 Å². The highest BCUT2D eigenvalue weighted by atomic mass is 16.6. The minimum atomic E-state index is -0.380. The summed E-state index contributed by atoms with van der Waals surface area (Å²) < 4.78 is 5.24. The third-order valence-corrected chi connectivity index (χ3v) is 2.25. The van der Waals surface area contributed by atoms with E-state index in [1.165, 1.54) is 0 Å². The van der Waals surface area contributed by atoms with Crippen LogP contribution in [0.3, 0.4) is 0 Å². The predicted molar refractivity (Wildman–Crippen MR) is 62.5 cm³/mol. The summed E-state index contributed by atoms with van der Waals surface area (Å²) in [6.45, 7) is 10.6. The molecule has 0 aliphatic rings. The first-order valence-corrected chi connectivity index (χ1v) is 5.58. The van der Waals surface area contributed by atoms with Crippen LogP contribution in [0.2, 0.25) is 0 Å². The molecule has 0 aromatic carbocycles. The summed E-state index contributed by atoms with van der Waals surface area (Å²) >= 11 is 0. The van der Waals surface area contributed by atoms with Gasteiger partial charge in [-0.25, -0.2) is 0 Å². The minimum Gasteiger partial charge on any atom is -0.460 e. The van der Waals surface area contributed by atoms with Gasteiger partial charge in [-0.3, -0.25) is 4.79 Å². The Balaban J connectivity index is 3.90. The molecule has 0 aliphatic heterocycles. The molecule has 90 valence electrons. The van der Waals surface area contributed by atoms with E-state index in [2.05, 4.69) is 13.8 Å². The Morgan fingerprint density at radius 1 is 1.13 bits per heavy atom. The first kappa shape index (κ1) is 14.4. The maximum Gasteiger partial charge on any atom is 0.306 e. The van der Waals surface area contributed by atoms with Crippen LogP contribution < -0.4 is 5.73 Å². The van der Waals surface area contributed by atoms with Crippen LogP contribution in [0.1, 0.15) is 53.9 Å². The van der Waals surface area contributed by atoms with Gasteiger partial charge in [-0.2, -0.15) is 0 Å². The topological polar surface area (TPSA) is 52.3 Å². The Kier molecular flexibility index (Phi) is 5.29. The Bertz CT molecular complexity index is 204. The molecule has 0 saturated heterocycles. The second kappa shape index (κ2) is 5.50. The highest BCUT2D eigenvalue weighted by Crippen LogP contribution is 2.26. The van der Waals surface area contributed by atoms with Crippen molar-refractivity contribution in [2.45, 2.75) is 59.5 Å². The first-order valence-electron chi connectivity index (χ1n) is 5.58. The van der Waals surface area contributed by atoms with Crippen molar-refractivity contribution in [3.63, 3.8) is 0 Å². The van der Waals surface area contributed by atoms with Crippen molar-refractivity contribution in [3.8, 4) is 0 Å². The van der Waals surface area contributed by atoms with Gasteiger partial charge in [-0.15, -0.1) is 0 Å². The fourth-order valence-corrected chi connectivity index (χ4v) is 1.35. The Labute approximate surface area is 93.4 Å². The maximum absolute atomic E-state index is 11.5. The van der Waals surface area contributed by atoms with Crippen molar-refractivity contribution in [1.29, 1.82) is 0 Å². The van der Waals surface area contributed by atoms with Gasteiger partial charge in [0, 0.05) is 6.42 Å². The van der Waals surface area contributed by atoms with Crippen molar-refractivity contribution in [2.75, 3.05) is 6.54 Å². The number of hydrogen-bond donors (Lipinski definition) is 1. The summed E-state index contributed by atoms with van der Waals surface area (Å²) in [5.74, 6) is -0.118. The van der Waals surface area contributed by atoms with Gasteiger partial charge in [0.2, 0.25) is 0 Å². The van der Waals surface area contributed by atoms with E-state index in [0.29, 0.717) is 13.0 Å². The molecule has 0 aromatic rings. The summed E-state index contributed by atoms with van der Waals surface area (Å²) in [6, 6.07) is 0. The number of ether oxygens (including phenoxy) is 1. The van der Waals surface area contributed by atoms with Gasteiger partial charge in [-0.05, 0) is 45.6 Å². The monoisotopic (exact) mass is 215 g/mol. The van der Waals surface area contributed by atoms with Crippen molar-refractivity contribution in [1.82, 2.24) is 0 Å². The number of nitrogens with two attached hydrogens (primary N) is 1. The van der Waals surface area contributed by atoms with Gasteiger partial charge >= 0.3 is 5.97 Å². The number of carbonyl (C=O) groups excluding carboxylic acids is 1. The van der Waals surface area contributed by atoms with Crippen LogP contribution in [0.4, 0.5) is 0 Å². The second-order valence-electron chi connectivity index (χ2n) is 5.79. The molecule has 2 N–H and O–H groups in total. The van der Waals surface area contributed by atoms with Gasteiger partial charge in [0.15, 0.2) is 0 Å². The lowest BCUT2D eigenvalue weighted by atomic mass is 9.84. The molecule has 3 nitrogen and oxygen atoms in total. The van der Waals surface area contributed by atoms with Crippen LogP contribution in [0.5, 0.6) is 0 Å². The summed E-state index contributed by atoms with van der Waals surface area (Å²) in [6.07, 6.45) is 2.25. The highest BCUT2D eigenvalue weighted by Gasteiger charge is 2.21. The molecule has 15 heavy (non-hydrogen) atoms. The zero-order valence-electron chi connectivity index (χ0n) is 10.7. The van der Waals surface area contributed by atoms with E-state index in [4.69, 9.17) is 10.5 Å². The fourth-order valence-electron chi connectivity index (χ4n) is 1.35. The summed E-state index contributed by atoms with van der Waals surface area (Å²) in [5.41, 5.74) is 5.26. The quantitative estimate of drug-likeness (QED) is 0.717. The molecule has 0 atom stereocenters. The molecule has 0 radical (unpaired) electrons. The van der Waals surface area contributed by atoms with Gasteiger partial charge in [0.1, 0.15) is 5.60 Å². The van der Waals surface area contributed by atoms with E-state index in [-0.39, 0.29) is 17.0 Å². The van der Waals surface area contributed by atoms with Crippen LogP contribution in [0.25, 0.3) is 0 Å². The number of hydrogen-bond acceptors (Lipinski definition) is 3. The van der Waals surface area contributed by atoms with E-state index in [9.17, 15) is 4.79 Å². The molecule has 3 heteroatoms. The third kappa shape index (κ3) is 8.43. The van der Waals surface area contributed by atoms with Crippen LogP contribution in [-0.2, 0) is 9.53 Å². The van der Waals surface area contributed by atoms with Gasteiger partial charge in [-0.1, -0.05) is 13.8 Å². The molecule has 0 fully saturated rings. The molecule has 0 amide bonds. The lowest BCUT2D eigenvalue weighted by Crippen LogP contribution is -2.25. The number of esters is 1. The number of rotatable bonds is 5. The summed E-state index contributed by atoms with van der Waals surface area (Å²) in [5, 5.41) is 0. The van der Waals surface area contributed by atoms with Crippen LogP contribution in [0, 0.1) is 5.41 Å². The fraction of sp³-hybridized carbons (Fsp3) is 0.917. The van der Waals surface area contributed by atoms with Crippen molar-refractivity contribution >= 4 is 5.97 Å². The van der Waals surface area contributed by atoms with Gasteiger partial charge in [0.05, 0.1) is 0 Å². The smallest absolute Gasteiger partial charge is 0.306 e. The molecule has 0 saturated carbocycles. The molecule has 0 spiro atoms. The van der Waals surface area contributed by atoms with Gasteiger partial charge in [0.25, 0.3) is 0 Å². The van der Waals surface area contributed by atoms with E-state index < -0.39 is 0 Å². The van der Waals surface area contributed by atoms with Crippen LogP contribution in [-0.4, -0.2) is 18.1 Å². The third-order valence-electron chi connectivity index (χ3n) is 2.25. The van der Waals surface area contributed by atoms with E-state index in [0.717, 1.165) is 12.8 Å². The molecule has 0 aliphatic carbocycles. The Morgan fingerprint density at radius 3 is 2.07 bits per heavy atom. The number of carbonyl (C=O) groups is 1. The minimum absolute atomic E-state index is 0.118. The summed E-state index contributed by atoms with van der Waals surface area (Å²) in [4.78, 5) is 11.5. The molecule has 0 heterocycles. The largest absolute Gasteiger partial charge is 0.460 e. The Hall–Kier alpha value is -0.570. The average Bonchev–Trinajstić information content (AvgIpc) is 1.98. The van der Waals surface area contributed by atoms with Crippen molar-refractivity contribution in [3.05, 3.63) is 0 Å². The molecule has 0 aromatic heterocycles. The normalized spacial score (nSPS) is 12.7. The van der Waals surface area contributed by atoms with Crippen LogP contribution in [0.15, 0.2) is 0 Å². The van der Waals surface area contributed by atoms with Crippen molar-refractivity contribution in [2.24, 2.45) is 11.1 Å². The molecule has 0 unspecified atom stereocenters. The lowest BCUT2D eigenvalue weighted by Gasteiger charge is -2.25. The van der Waals surface area contributed by atoms with Gasteiger partial charge < -0.3 is 10.5 Å². The first-order chi connectivity index (χ1) is 6.66. The maximum atomic E-state index is 11.5. The zero-order valence-corrected chi connectivity index (χ0v) is 10.7. The predicted octanol–water partition coefficient (Wildman–Crippen LogP) is 2.48. The highest BCUT2D eigenvalue weighted by molar-refractivity contribution is 5.69. The molecule has 0 rings (SSSR count).